The first-order valence-corrected chi connectivity index (χ1v) is 13.1. The maximum Gasteiger partial charge on any atom is 0.318 e. The molecular formula is C27H32N4OS. The molecule has 2 aromatic carbocycles. The predicted octanol–water partition coefficient (Wildman–Crippen LogP) is 5.95. The number of carbonyl (C=O) groups excluding carboxylic acids is 1. The van der Waals surface area contributed by atoms with Crippen LogP contribution in [0.5, 0.6) is 0 Å². The standard InChI is InChI=1S/C27H32N4OS/c32-27(28-25(21-11-3-1-4-12-21)22-13-5-2-6-14-22)31-17-15-23(16-18-31)26-30-29-24(33-26)19-20-9-7-8-10-20/h1-6,11-14,20,23,25H,7-10,15-19H2,(H,28,32). The zero-order valence-corrected chi connectivity index (χ0v) is 19.8. The fourth-order valence-electron chi connectivity index (χ4n) is 5.17. The van der Waals surface area contributed by atoms with Gasteiger partial charge in [0.2, 0.25) is 0 Å². The molecule has 33 heavy (non-hydrogen) atoms. The van der Waals surface area contributed by atoms with Crippen LogP contribution in [0.3, 0.4) is 0 Å². The Kier molecular flexibility index (Phi) is 7.01. The molecule has 2 heterocycles. The average Bonchev–Trinajstić information content (AvgIpc) is 3.56. The molecule has 2 amide bonds. The van der Waals surface area contributed by atoms with Crippen molar-refractivity contribution in [3.05, 3.63) is 81.8 Å². The summed E-state index contributed by atoms with van der Waals surface area (Å²) in [4.78, 5) is 15.1. The molecule has 1 N–H and O–H groups in total. The molecule has 5 nitrogen and oxygen atoms in total. The van der Waals surface area contributed by atoms with Gasteiger partial charge in [-0.1, -0.05) is 86.3 Å². The molecule has 5 rings (SSSR count). The molecule has 1 aliphatic carbocycles. The highest BCUT2D eigenvalue weighted by molar-refractivity contribution is 7.11. The highest BCUT2D eigenvalue weighted by Gasteiger charge is 2.28. The smallest absolute Gasteiger partial charge is 0.318 e. The van der Waals surface area contributed by atoms with Gasteiger partial charge >= 0.3 is 6.03 Å². The summed E-state index contributed by atoms with van der Waals surface area (Å²) < 4.78 is 0. The summed E-state index contributed by atoms with van der Waals surface area (Å²) in [5.41, 5.74) is 2.19. The van der Waals surface area contributed by atoms with Crippen LogP contribution in [0.25, 0.3) is 0 Å². The van der Waals surface area contributed by atoms with E-state index in [4.69, 9.17) is 0 Å². The Hall–Kier alpha value is -2.73. The van der Waals surface area contributed by atoms with Gasteiger partial charge in [0.15, 0.2) is 0 Å². The SMILES string of the molecule is O=C(NC(c1ccccc1)c1ccccc1)N1CCC(c2nnc(CC3CCCC3)s2)CC1. The molecule has 0 atom stereocenters. The monoisotopic (exact) mass is 460 g/mol. The Bertz CT molecular complexity index is 985. The van der Waals surface area contributed by atoms with Gasteiger partial charge in [0.25, 0.3) is 0 Å². The number of nitrogens with zero attached hydrogens (tertiary/aromatic N) is 3. The molecule has 0 bridgehead atoms. The lowest BCUT2D eigenvalue weighted by Gasteiger charge is -2.32. The number of amides is 2. The van der Waals surface area contributed by atoms with Gasteiger partial charge in [-0.05, 0) is 29.9 Å². The largest absolute Gasteiger partial charge is 0.327 e. The Morgan fingerprint density at radius 3 is 2.12 bits per heavy atom. The van der Waals surface area contributed by atoms with Crippen molar-refractivity contribution in [1.29, 1.82) is 0 Å². The van der Waals surface area contributed by atoms with Crippen LogP contribution in [0.2, 0.25) is 0 Å². The van der Waals surface area contributed by atoms with E-state index in [2.05, 4.69) is 39.8 Å². The second-order valence-corrected chi connectivity index (χ2v) is 10.4. The number of piperidine rings is 1. The fraction of sp³-hybridized carbons (Fsp3) is 0.444. The molecule has 0 radical (unpaired) electrons. The molecule has 1 aliphatic heterocycles. The predicted molar refractivity (Wildman–Crippen MR) is 132 cm³/mol. The lowest BCUT2D eigenvalue weighted by atomic mass is 9.97. The van der Waals surface area contributed by atoms with Gasteiger partial charge in [-0.2, -0.15) is 0 Å². The number of aromatic nitrogens is 2. The van der Waals surface area contributed by atoms with Crippen molar-refractivity contribution in [2.45, 2.75) is 56.9 Å². The molecule has 3 aromatic rings. The minimum Gasteiger partial charge on any atom is -0.327 e. The molecular weight excluding hydrogens is 428 g/mol. The minimum atomic E-state index is -0.154. The van der Waals surface area contributed by atoms with Crippen molar-refractivity contribution in [1.82, 2.24) is 20.4 Å². The first-order chi connectivity index (χ1) is 16.3. The third-order valence-electron chi connectivity index (χ3n) is 7.09. The molecule has 0 unspecified atom stereocenters. The number of urea groups is 1. The lowest BCUT2D eigenvalue weighted by Crippen LogP contribution is -2.45. The van der Waals surface area contributed by atoms with E-state index in [-0.39, 0.29) is 12.1 Å². The van der Waals surface area contributed by atoms with E-state index in [1.165, 1.54) is 30.7 Å². The van der Waals surface area contributed by atoms with Gasteiger partial charge in [-0.25, -0.2) is 4.79 Å². The van der Waals surface area contributed by atoms with Crippen molar-refractivity contribution in [2.24, 2.45) is 5.92 Å². The topological polar surface area (TPSA) is 58.1 Å². The van der Waals surface area contributed by atoms with E-state index < -0.39 is 0 Å². The summed E-state index contributed by atoms with van der Waals surface area (Å²) >= 11 is 1.80. The second-order valence-electron chi connectivity index (χ2n) is 9.35. The molecule has 172 valence electrons. The third kappa shape index (κ3) is 5.44. The quantitative estimate of drug-likeness (QED) is 0.494. The third-order valence-corrected chi connectivity index (χ3v) is 8.19. The van der Waals surface area contributed by atoms with Crippen LogP contribution in [0, 0.1) is 5.92 Å². The number of benzene rings is 2. The highest BCUT2D eigenvalue weighted by atomic mass is 32.1. The van der Waals surface area contributed by atoms with Crippen LogP contribution in [0.15, 0.2) is 60.7 Å². The summed E-state index contributed by atoms with van der Waals surface area (Å²) in [6.45, 7) is 1.51. The second kappa shape index (κ2) is 10.5. The number of rotatable bonds is 6. The lowest BCUT2D eigenvalue weighted by molar-refractivity contribution is 0.179. The van der Waals surface area contributed by atoms with E-state index in [1.54, 1.807) is 11.3 Å². The van der Waals surface area contributed by atoms with Crippen molar-refractivity contribution < 1.29 is 4.79 Å². The molecule has 1 saturated carbocycles. The number of hydrogen-bond donors (Lipinski definition) is 1. The number of carbonyl (C=O) groups is 1. The van der Waals surface area contributed by atoms with Gasteiger partial charge in [0.1, 0.15) is 10.0 Å². The Morgan fingerprint density at radius 2 is 1.52 bits per heavy atom. The molecule has 2 fully saturated rings. The fourth-order valence-corrected chi connectivity index (χ4v) is 6.30. The summed E-state index contributed by atoms with van der Waals surface area (Å²) in [6.07, 6.45) is 8.42. The molecule has 1 aromatic heterocycles. The molecule has 1 saturated heterocycles. The normalized spacial score (nSPS) is 17.5. The maximum absolute atomic E-state index is 13.2. The number of likely N-dealkylation sites (tertiary alicyclic amines) is 1. The summed E-state index contributed by atoms with van der Waals surface area (Å²) in [6, 6.07) is 20.2. The number of nitrogens with one attached hydrogen (secondary N) is 1. The van der Waals surface area contributed by atoms with Crippen molar-refractivity contribution in [2.75, 3.05) is 13.1 Å². The van der Waals surface area contributed by atoms with E-state index in [9.17, 15) is 4.79 Å². The summed E-state index contributed by atoms with van der Waals surface area (Å²) in [7, 11) is 0. The maximum atomic E-state index is 13.2. The van der Waals surface area contributed by atoms with E-state index >= 15 is 0 Å². The number of hydrogen-bond acceptors (Lipinski definition) is 4. The Balaban J connectivity index is 1.19. The van der Waals surface area contributed by atoms with E-state index in [0.29, 0.717) is 5.92 Å². The van der Waals surface area contributed by atoms with Crippen LogP contribution in [0.4, 0.5) is 4.79 Å². The van der Waals surface area contributed by atoms with Crippen molar-refractivity contribution in [3.63, 3.8) is 0 Å². The zero-order chi connectivity index (χ0) is 22.5. The van der Waals surface area contributed by atoms with Crippen LogP contribution in [-0.2, 0) is 6.42 Å². The molecule has 6 heteroatoms. The van der Waals surface area contributed by atoms with Crippen molar-refractivity contribution in [3.8, 4) is 0 Å². The first-order valence-electron chi connectivity index (χ1n) is 12.2. The van der Waals surface area contributed by atoms with Crippen LogP contribution >= 0.6 is 11.3 Å². The van der Waals surface area contributed by atoms with Crippen LogP contribution in [0.1, 0.15) is 71.6 Å². The minimum absolute atomic E-state index is 0.00495. The first kappa shape index (κ1) is 22.1. The highest BCUT2D eigenvalue weighted by Crippen LogP contribution is 2.33. The summed E-state index contributed by atoms with van der Waals surface area (Å²) in [5, 5.41) is 14.7. The van der Waals surface area contributed by atoms with Gasteiger partial charge in [-0.15, -0.1) is 21.5 Å². The van der Waals surface area contributed by atoms with Gasteiger partial charge in [0.05, 0.1) is 6.04 Å². The Morgan fingerprint density at radius 1 is 0.909 bits per heavy atom. The average molecular weight is 461 g/mol. The van der Waals surface area contributed by atoms with E-state index in [1.807, 2.05) is 41.3 Å². The van der Waals surface area contributed by atoms with Gasteiger partial charge in [-0.3, -0.25) is 0 Å². The van der Waals surface area contributed by atoms with E-state index in [0.717, 1.165) is 54.4 Å². The molecule has 0 spiro atoms. The summed E-state index contributed by atoms with van der Waals surface area (Å²) in [5.74, 6) is 1.22. The van der Waals surface area contributed by atoms with Crippen LogP contribution in [-0.4, -0.2) is 34.2 Å². The Labute approximate surface area is 200 Å². The zero-order valence-electron chi connectivity index (χ0n) is 19.0. The van der Waals surface area contributed by atoms with Gasteiger partial charge < -0.3 is 10.2 Å². The van der Waals surface area contributed by atoms with Gasteiger partial charge in [0, 0.05) is 25.4 Å². The van der Waals surface area contributed by atoms with Crippen molar-refractivity contribution >= 4 is 17.4 Å². The molecule has 2 aliphatic rings. The van der Waals surface area contributed by atoms with Crippen LogP contribution < -0.4 is 5.32 Å².